The molecule has 0 amide bonds. The van der Waals surface area contributed by atoms with Crippen LogP contribution in [0.5, 0.6) is 11.5 Å². The highest BCUT2D eigenvalue weighted by Gasteiger charge is 2.31. The van der Waals surface area contributed by atoms with Crippen molar-refractivity contribution in [3.05, 3.63) is 59.7 Å². The molecule has 28 heavy (non-hydrogen) atoms. The quantitative estimate of drug-likeness (QED) is 0.369. The fraction of sp³-hybridized carbons (Fsp3) is 0.222. The van der Waals surface area contributed by atoms with Gasteiger partial charge >= 0.3 is 12.7 Å². The monoisotopic (exact) mass is 404 g/mol. The number of hydrogen-bond acceptors (Lipinski definition) is 4. The lowest BCUT2D eigenvalue weighted by atomic mass is 10.2. The van der Waals surface area contributed by atoms with E-state index in [1.165, 1.54) is 61.0 Å². The predicted octanol–water partition coefficient (Wildman–Crippen LogP) is 5.02. The van der Waals surface area contributed by atoms with Crippen LogP contribution < -0.4 is 9.47 Å². The largest absolute Gasteiger partial charge is 0.573 e. The molecule has 4 nitrogen and oxygen atoms in total. The molecule has 2 rings (SSSR count). The fourth-order valence-electron chi connectivity index (χ4n) is 1.97. The molecule has 0 atom stereocenters. The van der Waals surface area contributed by atoms with Crippen LogP contribution >= 0.6 is 0 Å². The molecule has 10 heteroatoms. The molecule has 0 saturated carbocycles. The van der Waals surface area contributed by atoms with E-state index >= 15 is 0 Å². The number of rotatable bonds is 7. The van der Waals surface area contributed by atoms with Crippen molar-refractivity contribution in [1.82, 2.24) is 0 Å². The Kier molecular flexibility index (Phi) is 7.02. The van der Waals surface area contributed by atoms with E-state index < -0.39 is 12.7 Å². The first kappa shape index (κ1) is 21.3. The van der Waals surface area contributed by atoms with Gasteiger partial charge < -0.3 is 9.47 Å². The summed E-state index contributed by atoms with van der Waals surface area (Å²) in [5.74, 6) is -0.637. The molecule has 0 aliphatic heterocycles. The van der Waals surface area contributed by atoms with Gasteiger partial charge in [0.2, 0.25) is 0 Å². The number of aliphatic imine (C=N–C) groups is 2. The third-order valence-electron chi connectivity index (χ3n) is 3.07. The lowest BCUT2D eigenvalue weighted by Crippen LogP contribution is -2.17. The molecule has 0 unspecified atom stereocenters. The van der Waals surface area contributed by atoms with Crippen LogP contribution in [0.25, 0.3) is 0 Å². The number of ether oxygens (including phenoxy) is 2. The molecule has 150 valence electrons. The molecular weight excluding hydrogens is 390 g/mol. The Morgan fingerprint density at radius 2 is 0.929 bits per heavy atom. The summed E-state index contributed by atoms with van der Waals surface area (Å²) in [7, 11) is 0. The summed E-state index contributed by atoms with van der Waals surface area (Å²) in [5.41, 5.74) is 1.19. The lowest BCUT2D eigenvalue weighted by Gasteiger charge is -2.08. The molecule has 0 fully saturated rings. The Labute approximate surface area is 156 Å². The summed E-state index contributed by atoms with van der Waals surface area (Å²) in [6.45, 7) is 0.652. The number of benzene rings is 2. The molecule has 0 N–H and O–H groups in total. The summed E-state index contributed by atoms with van der Waals surface area (Å²) >= 11 is 0. The van der Waals surface area contributed by atoms with Gasteiger partial charge in [0, 0.05) is 12.4 Å². The Morgan fingerprint density at radius 1 is 0.607 bits per heavy atom. The summed E-state index contributed by atoms with van der Waals surface area (Å²) in [4.78, 5) is 8.17. The number of halogens is 6. The lowest BCUT2D eigenvalue weighted by molar-refractivity contribution is -0.275. The van der Waals surface area contributed by atoms with Gasteiger partial charge in [0.05, 0.1) is 13.1 Å². The summed E-state index contributed by atoms with van der Waals surface area (Å²) in [6, 6.07) is 10.4. The second-order valence-corrected chi connectivity index (χ2v) is 5.30. The van der Waals surface area contributed by atoms with E-state index in [1.54, 1.807) is 0 Å². The van der Waals surface area contributed by atoms with Crippen molar-refractivity contribution in [2.24, 2.45) is 9.98 Å². The maximum Gasteiger partial charge on any atom is 0.573 e. The van der Waals surface area contributed by atoms with Crippen LogP contribution in [0.3, 0.4) is 0 Å². The molecule has 0 aliphatic rings. The third-order valence-corrected chi connectivity index (χ3v) is 3.07. The van der Waals surface area contributed by atoms with Crippen molar-refractivity contribution in [2.75, 3.05) is 13.1 Å². The highest BCUT2D eigenvalue weighted by atomic mass is 19.4. The van der Waals surface area contributed by atoms with Crippen molar-refractivity contribution in [3.8, 4) is 11.5 Å². The van der Waals surface area contributed by atoms with Gasteiger partial charge in [0.15, 0.2) is 0 Å². The second kappa shape index (κ2) is 9.25. The van der Waals surface area contributed by atoms with Crippen LogP contribution in [0.4, 0.5) is 26.3 Å². The zero-order chi connectivity index (χ0) is 20.6. The van der Waals surface area contributed by atoms with Crippen LogP contribution in [0, 0.1) is 0 Å². The van der Waals surface area contributed by atoms with E-state index in [9.17, 15) is 26.3 Å². The number of hydrogen-bond donors (Lipinski definition) is 0. The van der Waals surface area contributed by atoms with Gasteiger partial charge in [-0.2, -0.15) is 0 Å². The van der Waals surface area contributed by atoms with E-state index in [0.717, 1.165) is 0 Å². The Hall–Kier alpha value is -3.04. The number of nitrogens with zero attached hydrogens (tertiary/aromatic N) is 2. The van der Waals surface area contributed by atoms with Crippen molar-refractivity contribution in [1.29, 1.82) is 0 Å². The molecular formula is C18H14F6N2O2. The van der Waals surface area contributed by atoms with E-state index in [-0.39, 0.29) is 11.5 Å². The van der Waals surface area contributed by atoms with E-state index in [0.29, 0.717) is 24.2 Å². The van der Waals surface area contributed by atoms with Crippen molar-refractivity contribution >= 4 is 12.4 Å². The first-order valence-electron chi connectivity index (χ1n) is 7.82. The molecule has 0 bridgehead atoms. The first-order chi connectivity index (χ1) is 13.1. The van der Waals surface area contributed by atoms with E-state index in [1.807, 2.05) is 0 Å². The van der Waals surface area contributed by atoms with E-state index in [4.69, 9.17) is 0 Å². The smallest absolute Gasteiger partial charge is 0.406 e. The Bertz CT molecular complexity index is 727. The van der Waals surface area contributed by atoms with Gasteiger partial charge in [0.25, 0.3) is 0 Å². The van der Waals surface area contributed by atoms with Crippen molar-refractivity contribution in [3.63, 3.8) is 0 Å². The SMILES string of the molecule is FC(F)(F)Oc1ccc(C=NCCN=Cc2ccc(OC(F)(F)F)cc2)cc1. The highest BCUT2D eigenvalue weighted by molar-refractivity contribution is 5.80. The maximum atomic E-state index is 12.1. The van der Waals surface area contributed by atoms with Crippen molar-refractivity contribution in [2.45, 2.75) is 12.7 Å². The average molecular weight is 404 g/mol. The first-order valence-corrected chi connectivity index (χ1v) is 7.82. The molecule has 0 radical (unpaired) electrons. The molecule has 2 aromatic rings. The van der Waals surface area contributed by atoms with Gasteiger partial charge in [-0.25, -0.2) is 0 Å². The van der Waals surface area contributed by atoms with Crippen LogP contribution in [0.15, 0.2) is 58.5 Å². The van der Waals surface area contributed by atoms with Crippen LogP contribution in [0.1, 0.15) is 11.1 Å². The fourth-order valence-corrected chi connectivity index (χ4v) is 1.97. The second-order valence-electron chi connectivity index (χ2n) is 5.30. The average Bonchev–Trinajstić information content (AvgIpc) is 2.58. The summed E-state index contributed by atoms with van der Waals surface area (Å²) in [6.07, 6.45) is -6.51. The normalized spacial score (nSPS) is 12.6. The Morgan fingerprint density at radius 3 is 1.21 bits per heavy atom. The van der Waals surface area contributed by atoms with E-state index in [2.05, 4.69) is 19.5 Å². The topological polar surface area (TPSA) is 43.2 Å². The van der Waals surface area contributed by atoms with Gasteiger partial charge in [-0.15, -0.1) is 26.3 Å². The zero-order valence-electron chi connectivity index (χ0n) is 14.2. The minimum Gasteiger partial charge on any atom is -0.406 e. The molecule has 0 spiro atoms. The van der Waals surface area contributed by atoms with Gasteiger partial charge in [-0.05, 0) is 59.7 Å². The van der Waals surface area contributed by atoms with Gasteiger partial charge in [0.1, 0.15) is 11.5 Å². The molecule has 0 aliphatic carbocycles. The minimum absolute atomic E-state index is 0.319. The molecule has 0 saturated heterocycles. The molecule has 2 aromatic carbocycles. The third kappa shape index (κ3) is 8.56. The summed E-state index contributed by atoms with van der Waals surface area (Å²) in [5, 5.41) is 0. The molecule has 0 heterocycles. The maximum absolute atomic E-state index is 12.1. The van der Waals surface area contributed by atoms with Crippen LogP contribution in [0.2, 0.25) is 0 Å². The van der Waals surface area contributed by atoms with Gasteiger partial charge in [-0.1, -0.05) is 0 Å². The summed E-state index contributed by atoms with van der Waals surface area (Å²) < 4.78 is 79.9. The zero-order valence-corrected chi connectivity index (χ0v) is 14.2. The Balaban J connectivity index is 1.76. The van der Waals surface area contributed by atoms with Gasteiger partial charge in [-0.3, -0.25) is 9.98 Å². The van der Waals surface area contributed by atoms with Crippen molar-refractivity contribution < 1.29 is 35.8 Å². The molecule has 0 aromatic heterocycles. The highest BCUT2D eigenvalue weighted by Crippen LogP contribution is 2.23. The number of alkyl halides is 6. The minimum atomic E-state index is -4.74. The van der Waals surface area contributed by atoms with Crippen LogP contribution in [-0.2, 0) is 0 Å². The predicted molar refractivity (Wildman–Crippen MR) is 91.2 cm³/mol. The standard InChI is InChI=1S/C18H14F6N2O2/c19-17(20,21)27-15-5-1-13(2-6-15)11-25-9-10-26-12-14-3-7-16(8-4-14)28-18(22,23)24/h1-8,11-12H,9-10H2. The van der Waals surface area contributed by atoms with Crippen LogP contribution in [-0.4, -0.2) is 38.2 Å².